The fraction of sp³-hybridized carbons (Fsp3) is 0.150. The van der Waals surface area contributed by atoms with Gasteiger partial charge < -0.3 is 5.73 Å². The predicted molar refractivity (Wildman–Crippen MR) is 102 cm³/mol. The van der Waals surface area contributed by atoms with Crippen molar-refractivity contribution >= 4 is 28.3 Å². The zero-order valence-corrected chi connectivity index (χ0v) is 14.8. The van der Waals surface area contributed by atoms with Gasteiger partial charge in [-0.1, -0.05) is 36.7 Å². The van der Waals surface area contributed by atoms with Crippen LogP contribution in [-0.4, -0.2) is 15.0 Å². The van der Waals surface area contributed by atoms with E-state index in [1.54, 1.807) is 12.3 Å². The second-order valence-corrected chi connectivity index (χ2v) is 6.75. The first-order chi connectivity index (χ1) is 12.5. The number of halogens is 2. The smallest absolute Gasteiger partial charge is 0.137 e. The molecule has 2 heterocycles. The van der Waals surface area contributed by atoms with Crippen molar-refractivity contribution in [3.05, 3.63) is 71.6 Å². The molecule has 6 heteroatoms. The van der Waals surface area contributed by atoms with Crippen molar-refractivity contribution in [1.29, 1.82) is 0 Å². The van der Waals surface area contributed by atoms with E-state index in [4.69, 9.17) is 17.3 Å². The second kappa shape index (κ2) is 6.50. The van der Waals surface area contributed by atoms with Crippen LogP contribution >= 0.6 is 11.6 Å². The summed E-state index contributed by atoms with van der Waals surface area (Å²) in [4.78, 5) is 12.9. The van der Waals surface area contributed by atoms with Gasteiger partial charge in [0.2, 0.25) is 0 Å². The normalized spacial score (nSPS) is 20.0. The van der Waals surface area contributed by atoms with E-state index in [-0.39, 0.29) is 22.7 Å². The number of anilines is 1. The third-order valence-electron chi connectivity index (χ3n) is 4.66. The maximum Gasteiger partial charge on any atom is 0.137 e. The topological polar surface area (TPSA) is 64.7 Å². The molecule has 2 N–H and O–H groups in total. The lowest BCUT2D eigenvalue weighted by molar-refractivity contribution is 0.565. The molecule has 0 amide bonds. The summed E-state index contributed by atoms with van der Waals surface area (Å²) in [5.74, 6) is -0.122. The van der Waals surface area contributed by atoms with E-state index in [0.717, 1.165) is 27.7 Å². The molecular formula is C20H16ClFN4. The van der Waals surface area contributed by atoms with Crippen LogP contribution in [0.25, 0.3) is 22.0 Å². The minimum Gasteiger partial charge on any atom is -0.383 e. The molecule has 0 spiro atoms. The number of hydrogen-bond donors (Lipinski definition) is 1. The largest absolute Gasteiger partial charge is 0.383 e. The molecule has 2 unspecified atom stereocenters. The number of nitrogens with two attached hydrogens (primary N) is 1. The van der Waals surface area contributed by atoms with Crippen LogP contribution < -0.4 is 5.73 Å². The Balaban J connectivity index is 1.86. The first kappa shape index (κ1) is 16.7. The van der Waals surface area contributed by atoms with Crippen molar-refractivity contribution in [2.75, 3.05) is 5.73 Å². The summed E-state index contributed by atoms with van der Waals surface area (Å²) in [5, 5.41) is 0.914. The van der Waals surface area contributed by atoms with Gasteiger partial charge in [-0.25, -0.2) is 14.4 Å². The molecule has 0 saturated heterocycles. The van der Waals surface area contributed by atoms with Crippen LogP contribution in [0.1, 0.15) is 18.5 Å². The molecule has 0 aliphatic heterocycles. The number of aromatic nitrogens is 3. The minimum atomic E-state index is -0.386. The Labute approximate surface area is 155 Å². The van der Waals surface area contributed by atoms with E-state index < -0.39 is 0 Å². The molecule has 4 nitrogen and oxygen atoms in total. The van der Waals surface area contributed by atoms with Crippen LogP contribution in [0.3, 0.4) is 0 Å². The first-order valence-electron chi connectivity index (χ1n) is 8.25. The lowest BCUT2D eigenvalue weighted by Crippen LogP contribution is -2.12. The Morgan fingerprint density at radius 1 is 1.12 bits per heavy atom. The lowest BCUT2D eigenvalue weighted by Gasteiger charge is -2.24. The minimum absolute atomic E-state index is 0.0555. The Hall–Kier alpha value is -2.79. The van der Waals surface area contributed by atoms with Gasteiger partial charge >= 0.3 is 0 Å². The quantitative estimate of drug-likeness (QED) is 0.694. The molecule has 0 fully saturated rings. The van der Waals surface area contributed by atoms with Gasteiger partial charge in [0.1, 0.15) is 18.0 Å². The molecule has 26 heavy (non-hydrogen) atoms. The highest BCUT2D eigenvalue weighted by molar-refractivity contribution is 6.31. The van der Waals surface area contributed by atoms with Crippen molar-refractivity contribution in [2.24, 2.45) is 5.92 Å². The summed E-state index contributed by atoms with van der Waals surface area (Å²) in [6.45, 7) is 1.95. The van der Waals surface area contributed by atoms with E-state index >= 15 is 0 Å². The molecular weight excluding hydrogens is 351 g/mol. The highest BCUT2D eigenvalue weighted by Crippen LogP contribution is 2.40. The van der Waals surface area contributed by atoms with Gasteiger partial charge in [-0.05, 0) is 35.8 Å². The van der Waals surface area contributed by atoms with Crippen LogP contribution in [0.5, 0.6) is 0 Å². The average molecular weight is 367 g/mol. The standard InChI is InChI=1S/C20H16ClFN4/c1-11-7-17(22)16(21)9-14(11)19-13(3-2-6-24-19)12-4-5-18-15(8-12)20(23)26-10-25-18/h2-11,14H,1H3,(H2,23,25,26). The Morgan fingerprint density at radius 3 is 2.81 bits per heavy atom. The number of nitrogens with zero attached hydrogens (tertiary/aromatic N) is 3. The van der Waals surface area contributed by atoms with Crippen molar-refractivity contribution in [3.63, 3.8) is 0 Å². The van der Waals surface area contributed by atoms with Gasteiger partial charge in [-0.2, -0.15) is 0 Å². The second-order valence-electron chi connectivity index (χ2n) is 6.34. The van der Waals surface area contributed by atoms with Gasteiger partial charge in [0, 0.05) is 23.1 Å². The molecule has 1 aliphatic carbocycles. The molecule has 4 rings (SSSR count). The van der Waals surface area contributed by atoms with Crippen molar-refractivity contribution in [3.8, 4) is 11.1 Å². The van der Waals surface area contributed by atoms with Crippen LogP contribution in [-0.2, 0) is 0 Å². The van der Waals surface area contributed by atoms with Crippen molar-refractivity contribution < 1.29 is 4.39 Å². The highest BCUT2D eigenvalue weighted by Gasteiger charge is 2.26. The molecule has 1 aliphatic rings. The van der Waals surface area contributed by atoms with Gasteiger partial charge in [-0.15, -0.1) is 0 Å². The Bertz CT molecular complexity index is 1060. The maximum atomic E-state index is 13.8. The molecule has 0 saturated carbocycles. The van der Waals surface area contributed by atoms with Crippen LogP contribution in [0.4, 0.5) is 10.2 Å². The molecule has 2 aromatic heterocycles. The summed E-state index contributed by atoms with van der Waals surface area (Å²) < 4.78 is 13.8. The fourth-order valence-electron chi connectivity index (χ4n) is 3.30. The molecule has 0 bridgehead atoms. The number of pyridine rings is 1. The number of benzene rings is 1. The number of allylic oxidation sites excluding steroid dienone is 4. The predicted octanol–water partition coefficient (Wildman–Crippen LogP) is 4.98. The fourth-order valence-corrected chi connectivity index (χ4v) is 3.50. The zero-order valence-electron chi connectivity index (χ0n) is 14.0. The molecule has 1 aromatic carbocycles. The SMILES string of the molecule is CC1C=C(F)C(Cl)=CC1c1ncccc1-c1ccc2ncnc(N)c2c1. The van der Waals surface area contributed by atoms with Gasteiger partial charge in [0.15, 0.2) is 0 Å². The zero-order chi connectivity index (χ0) is 18.3. The van der Waals surface area contributed by atoms with E-state index in [1.165, 1.54) is 12.4 Å². The molecule has 2 atom stereocenters. The van der Waals surface area contributed by atoms with Crippen molar-refractivity contribution in [1.82, 2.24) is 15.0 Å². The van der Waals surface area contributed by atoms with Crippen LogP contribution in [0.2, 0.25) is 0 Å². The first-order valence-corrected chi connectivity index (χ1v) is 8.63. The highest BCUT2D eigenvalue weighted by atomic mass is 35.5. The summed E-state index contributed by atoms with van der Waals surface area (Å²) in [7, 11) is 0. The third kappa shape index (κ3) is 2.84. The summed E-state index contributed by atoms with van der Waals surface area (Å²) in [6.07, 6.45) is 6.45. The number of fused-ring (bicyclic) bond motifs is 1. The van der Waals surface area contributed by atoms with E-state index in [2.05, 4.69) is 15.0 Å². The number of hydrogen-bond acceptors (Lipinski definition) is 4. The van der Waals surface area contributed by atoms with Crippen molar-refractivity contribution in [2.45, 2.75) is 12.8 Å². The van der Waals surface area contributed by atoms with E-state index in [0.29, 0.717) is 5.82 Å². The van der Waals surface area contributed by atoms with Crippen LogP contribution in [0.15, 0.2) is 65.9 Å². The van der Waals surface area contributed by atoms with E-state index in [1.807, 2.05) is 37.3 Å². The third-order valence-corrected chi connectivity index (χ3v) is 4.97. The molecule has 0 radical (unpaired) electrons. The Morgan fingerprint density at radius 2 is 1.96 bits per heavy atom. The molecule has 3 aromatic rings. The summed E-state index contributed by atoms with van der Waals surface area (Å²) >= 11 is 6.03. The molecule has 130 valence electrons. The van der Waals surface area contributed by atoms with Gasteiger partial charge in [0.05, 0.1) is 16.2 Å². The summed E-state index contributed by atoms with van der Waals surface area (Å²) in [6, 6.07) is 9.72. The Kier molecular flexibility index (Phi) is 4.17. The number of nitrogen functional groups attached to an aromatic ring is 1. The maximum absolute atomic E-state index is 13.8. The number of rotatable bonds is 2. The summed E-state index contributed by atoms with van der Waals surface area (Å²) in [5.41, 5.74) is 9.53. The van der Waals surface area contributed by atoms with Gasteiger partial charge in [-0.3, -0.25) is 4.98 Å². The average Bonchev–Trinajstić information content (AvgIpc) is 2.65. The lowest BCUT2D eigenvalue weighted by atomic mass is 9.83. The van der Waals surface area contributed by atoms with Crippen LogP contribution in [0, 0.1) is 5.92 Å². The monoisotopic (exact) mass is 366 g/mol. The van der Waals surface area contributed by atoms with E-state index in [9.17, 15) is 4.39 Å². The van der Waals surface area contributed by atoms with Gasteiger partial charge in [0.25, 0.3) is 0 Å².